The number of benzene rings is 1. The first kappa shape index (κ1) is 15.4. The molecular weight excluding hydrogens is 346 g/mol. The van der Waals surface area contributed by atoms with E-state index in [2.05, 4.69) is 26.6 Å². The van der Waals surface area contributed by atoms with Gasteiger partial charge in [-0.2, -0.15) is 4.31 Å². The normalized spacial score (nSPS) is 20.6. The van der Waals surface area contributed by atoms with Crippen molar-refractivity contribution >= 4 is 31.9 Å². The van der Waals surface area contributed by atoms with Crippen LogP contribution < -0.4 is 10.6 Å². The third-order valence-electron chi connectivity index (χ3n) is 3.16. The standard InChI is InChI=1S/C12H16BrN3O3S/c1-14-12(17)11-8-15-6-7-16(11)20(18,19)10-4-2-9(13)3-5-10/h2-5,11,15H,6-8H2,1H3,(H,14,17). The fourth-order valence-electron chi connectivity index (χ4n) is 2.11. The lowest BCUT2D eigenvalue weighted by Crippen LogP contribution is -2.59. The molecule has 1 aromatic carbocycles. The van der Waals surface area contributed by atoms with Crippen LogP contribution >= 0.6 is 15.9 Å². The van der Waals surface area contributed by atoms with Gasteiger partial charge in [0.1, 0.15) is 6.04 Å². The predicted octanol–water partition coefficient (Wildman–Crippen LogP) is 0.158. The van der Waals surface area contributed by atoms with E-state index in [9.17, 15) is 13.2 Å². The van der Waals surface area contributed by atoms with Crippen molar-refractivity contribution in [3.05, 3.63) is 28.7 Å². The second-order valence-corrected chi connectivity index (χ2v) is 7.21. The molecule has 8 heteroatoms. The summed E-state index contributed by atoms with van der Waals surface area (Å²) >= 11 is 3.27. The predicted molar refractivity (Wildman–Crippen MR) is 78.8 cm³/mol. The maximum Gasteiger partial charge on any atom is 0.243 e. The highest BCUT2D eigenvalue weighted by atomic mass is 79.9. The lowest BCUT2D eigenvalue weighted by atomic mass is 10.2. The van der Waals surface area contributed by atoms with Gasteiger partial charge in [-0.05, 0) is 24.3 Å². The first-order valence-corrected chi connectivity index (χ1v) is 8.40. The maximum absolute atomic E-state index is 12.6. The SMILES string of the molecule is CNC(=O)C1CNCCN1S(=O)(=O)c1ccc(Br)cc1. The van der Waals surface area contributed by atoms with Crippen LogP contribution in [0.2, 0.25) is 0 Å². The van der Waals surface area contributed by atoms with Gasteiger partial charge in [0.2, 0.25) is 15.9 Å². The molecule has 1 heterocycles. The van der Waals surface area contributed by atoms with Crippen LogP contribution in [0.25, 0.3) is 0 Å². The number of sulfonamides is 1. The number of rotatable bonds is 3. The molecule has 1 fully saturated rings. The Labute approximate surface area is 126 Å². The number of nitrogens with zero attached hydrogens (tertiary/aromatic N) is 1. The molecule has 20 heavy (non-hydrogen) atoms. The Morgan fingerprint density at radius 3 is 2.65 bits per heavy atom. The van der Waals surface area contributed by atoms with Crippen molar-refractivity contribution in [2.24, 2.45) is 0 Å². The number of nitrogens with one attached hydrogen (secondary N) is 2. The molecule has 1 aliphatic heterocycles. The van der Waals surface area contributed by atoms with E-state index >= 15 is 0 Å². The van der Waals surface area contributed by atoms with Crippen LogP contribution in [0.3, 0.4) is 0 Å². The summed E-state index contributed by atoms with van der Waals surface area (Å²) in [4.78, 5) is 12.0. The van der Waals surface area contributed by atoms with E-state index in [-0.39, 0.29) is 17.3 Å². The Hall–Kier alpha value is -0.960. The van der Waals surface area contributed by atoms with Gasteiger partial charge in [0.15, 0.2) is 0 Å². The topological polar surface area (TPSA) is 78.5 Å². The van der Waals surface area contributed by atoms with E-state index in [1.807, 2.05) is 0 Å². The van der Waals surface area contributed by atoms with Gasteiger partial charge in [-0.3, -0.25) is 4.79 Å². The monoisotopic (exact) mass is 361 g/mol. The molecule has 0 radical (unpaired) electrons. The Bertz CT molecular complexity index is 588. The van der Waals surface area contributed by atoms with Crippen LogP contribution in [0.15, 0.2) is 33.6 Å². The summed E-state index contributed by atoms with van der Waals surface area (Å²) in [6.07, 6.45) is 0. The van der Waals surface area contributed by atoms with Crippen molar-refractivity contribution in [2.75, 3.05) is 26.7 Å². The Morgan fingerprint density at radius 2 is 2.05 bits per heavy atom. The number of carbonyl (C=O) groups excluding carboxylic acids is 1. The third kappa shape index (κ3) is 3.03. The molecule has 1 unspecified atom stereocenters. The minimum atomic E-state index is -3.67. The summed E-state index contributed by atoms with van der Waals surface area (Å²) in [5.41, 5.74) is 0. The van der Waals surface area contributed by atoms with Crippen molar-refractivity contribution < 1.29 is 13.2 Å². The zero-order valence-electron chi connectivity index (χ0n) is 11.0. The molecule has 1 aromatic rings. The third-order valence-corrected chi connectivity index (χ3v) is 5.61. The van der Waals surface area contributed by atoms with Gasteiger partial charge >= 0.3 is 0 Å². The second-order valence-electron chi connectivity index (χ2n) is 4.40. The number of carbonyl (C=O) groups is 1. The largest absolute Gasteiger partial charge is 0.358 e. The fraction of sp³-hybridized carbons (Fsp3) is 0.417. The van der Waals surface area contributed by atoms with Gasteiger partial charge in [0.05, 0.1) is 4.90 Å². The number of hydrogen-bond donors (Lipinski definition) is 2. The van der Waals surface area contributed by atoms with E-state index in [1.54, 1.807) is 12.1 Å². The molecule has 0 spiro atoms. The molecule has 6 nitrogen and oxygen atoms in total. The molecule has 0 bridgehead atoms. The lowest BCUT2D eigenvalue weighted by molar-refractivity contribution is -0.124. The lowest BCUT2D eigenvalue weighted by Gasteiger charge is -2.33. The minimum absolute atomic E-state index is 0.191. The van der Waals surface area contributed by atoms with E-state index < -0.39 is 16.1 Å². The van der Waals surface area contributed by atoms with E-state index in [1.165, 1.54) is 23.5 Å². The van der Waals surface area contributed by atoms with Gasteiger partial charge in [0, 0.05) is 31.2 Å². The molecule has 0 saturated carbocycles. The van der Waals surface area contributed by atoms with E-state index in [4.69, 9.17) is 0 Å². The summed E-state index contributed by atoms with van der Waals surface area (Å²) < 4.78 is 27.3. The van der Waals surface area contributed by atoms with Gasteiger partial charge in [-0.15, -0.1) is 0 Å². The Kier molecular flexibility index (Phi) is 4.79. The van der Waals surface area contributed by atoms with Crippen LogP contribution in [0.4, 0.5) is 0 Å². The number of halogens is 1. The molecule has 1 amide bonds. The molecular formula is C12H16BrN3O3S. The summed E-state index contributed by atoms with van der Waals surface area (Å²) in [5.74, 6) is -0.308. The summed E-state index contributed by atoms with van der Waals surface area (Å²) in [7, 11) is -2.17. The highest BCUT2D eigenvalue weighted by molar-refractivity contribution is 9.10. The number of hydrogen-bond acceptors (Lipinski definition) is 4. The zero-order chi connectivity index (χ0) is 14.8. The van der Waals surface area contributed by atoms with Crippen molar-refractivity contribution in [2.45, 2.75) is 10.9 Å². The first-order valence-electron chi connectivity index (χ1n) is 6.16. The summed E-state index contributed by atoms with van der Waals surface area (Å²) in [6.45, 7) is 1.12. The maximum atomic E-state index is 12.6. The molecule has 0 aliphatic carbocycles. The Balaban J connectivity index is 2.35. The van der Waals surface area contributed by atoms with Gasteiger partial charge in [0.25, 0.3) is 0 Å². The van der Waals surface area contributed by atoms with Gasteiger partial charge in [-0.25, -0.2) is 8.42 Å². The zero-order valence-corrected chi connectivity index (χ0v) is 13.4. The number of piperazine rings is 1. The van der Waals surface area contributed by atoms with Crippen molar-refractivity contribution in [1.82, 2.24) is 14.9 Å². The highest BCUT2D eigenvalue weighted by Gasteiger charge is 2.37. The Morgan fingerprint density at radius 1 is 1.40 bits per heavy atom. The fourth-order valence-corrected chi connectivity index (χ4v) is 3.96. The van der Waals surface area contributed by atoms with E-state index in [0.717, 1.165) is 4.47 Å². The van der Waals surface area contributed by atoms with Crippen LogP contribution in [0.1, 0.15) is 0 Å². The van der Waals surface area contributed by atoms with E-state index in [0.29, 0.717) is 13.1 Å². The molecule has 0 aromatic heterocycles. The van der Waals surface area contributed by atoms with Gasteiger partial charge in [-0.1, -0.05) is 15.9 Å². The van der Waals surface area contributed by atoms with Crippen LogP contribution in [0.5, 0.6) is 0 Å². The molecule has 1 aliphatic rings. The van der Waals surface area contributed by atoms with Crippen LogP contribution in [-0.2, 0) is 14.8 Å². The molecule has 110 valence electrons. The molecule has 2 rings (SSSR count). The smallest absolute Gasteiger partial charge is 0.243 e. The molecule has 1 saturated heterocycles. The average Bonchev–Trinajstić information content (AvgIpc) is 2.47. The average molecular weight is 362 g/mol. The van der Waals surface area contributed by atoms with Crippen molar-refractivity contribution in [3.8, 4) is 0 Å². The van der Waals surface area contributed by atoms with Crippen molar-refractivity contribution in [1.29, 1.82) is 0 Å². The highest BCUT2D eigenvalue weighted by Crippen LogP contribution is 2.21. The molecule has 1 atom stereocenters. The quantitative estimate of drug-likeness (QED) is 0.803. The minimum Gasteiger partial charge on any atom is -0.358 e. The number of likely N-dealkylation sites (N-methyl/N-ethyl adjacent to an activating group) is 1. The number of amides is 1. The second kappa shape index (κ2) is 6.21. The summed E-state index contributed by atoms with van der Waals surface area (Å²) in [6, 6.07) is 5.68. The van der Waals surface area contributed by atoms with Crippen LogP contribution in [-0.4, -0.2) is 51.4 Å². The summed E-state index contributed by atoms with van der Waals surface area (Å²) in [5, 5.41) is 5.54. The van der Waals surface area contributed by atoms with Crippen LogP contribution in [0, 0.1) is 0 Å². The molecule has 2 N–H and O–H groups in total. The van der Waals surface area contributed by atoms with Gasteiger partial charge < -0.3 is 10.6 Å². The van der Waals surface area contributed by atoms with Crippen molar-refractivity contribution in [3.63, 3.8) is 0 Å². The first-order chi connectivity index (χ1) is 9.46.